The quantitative estimate of drug-likeness (QED) is 0.459. The lowest BCUT2D eigenvalue weighted by Crippen LogP contribution is -2.32. The zero-order valence-corrected chi connectivity index (χ0v) is 17.7. The number of alkyl halides is 3. The molecule has 12 heteroatoms. The van der Waals surface area contributed by atoms with E-state index in [1.54, 1.807) is 30.5 Å². The van der Waals surface area contributed by atoms with Gasteiger partial charge in [0.2, 0.25) is 0 Å². The van der Waals surface area contributed by atoms with Crippen molar-refractivity contribution in [3.63, 3.8) is 0 Å². The van der Waals surface area contributed by atoms with Crippen LogP contribution >= 0.6 is 11.8 Å². The summed E-state index contributed by atoms with van der Waals surface area (Å²) in [5.74, 6) is -0.604. The van der Waals surface area contributed by atoms with E-state index in [0.717, 1.165) is 17.7 Å². The minimum absolute atomic E-state index is 0.301. The molecule has 0 saturated heterocycles. The second kappa shape index (κ2) is 10.9. The highest BCUT2D eigenvalue weighted by molar-refractivity contribution is 7.99. The average molecular weight is 480 g/mol. The minimum Gasteiger partial charge on any atom is -0.406 e. The Morgan fingerprint density at radius 1 is 1.18 bits per heavy atom. The van der Waals surface area contributed by atoms with Gasteiger partial charge in [-0.15, -0.1) is 24.9 Å². The molecule has 174 valence electrons. The topological polar surface area (TPSA) is 113 Å². The van der Waals surface area contributed by atoms with E-state index in [-0.39, 0.29) is 5.75 Å². The summed E-state index contributed by atoms with van der Waals surface area (Å²) in [7, 11) is 0. The maximum atomic E-state index is 12.8. The molecular weight excluding hydrogens is 461 g/mol. The lowest BCUT2D eigenvalue weighted by molar-refractivity contribution is -0.274. The van der Waals surface area contributed by atoms with E-state index in [1.165, 1.54) is 30.1 Å². The highest BCUT2D eigenvalue weighted by Crippen LogP contribution is 2.27. The van der Waals surface area contributed by atoms with Crippen molar-refractivity contribution in [1.82, 2.24) is 10.3 Å². The van der Waals surface area contributed by atoms with Gasteiger partial charge in [-0.2, -0.15) is 0 Å². The van der Waals surface area contributed by atoms with E-state index < -0.39 is 30.2 Å². The van der Waals surface area contributed by atoms with E-state index in [1.807, 2.05) is 0 Å². The molecule has 8 nitrogen and oxygen atoms in total. The van der Waals surface area contributed by atoms with E-state index in [4.69, 9.17) is 5.11 Å². The minimum atomic E-state index is -4.79. The summed E-state index contributed by atoms with van der Waals surface area (Å²) in [4.78, 5) is 28.1. The maximum absolute atomic E-state index is 12.8. The number of hydrogen-bond acceptors (Lipinski definition) is 7. The van der Waals surface area contributed by atoms with E-state index in [0.29, 0.717) is 22.8 Å². The van der Waals surface area contributed by atoms with Gasteiger partial charge in [-0.3, -0.25) is 9.59 Å². The fourth-order valence-electron chi connectivity index (χ4n) is 2.74. The predicted octanol–water partition coefficient (Wildman–Crippen LogP) is 3.15. The molecule has 2 heterocycles. The first-order valence-corrected chi connectivity index (χ1v) is 10.6. The van der Waals surface area contributed by atoms with Crippen LogP contribution in [0.25, 0.3) is 0 Å². The third-order valence-electron chi connectivity index (χ3n) is 4.16. The van der Waals surface area contributed by atoms with Gasteiger partial charge in [0.1, 0.15) is 23.5 Å². The molecule has 0 spiro atoms. The Bertz CT molecular complexity index is 1060. The number of halogens is 3. The molecule has 0 bridgehead atoms. The molecule has 1 aliphatic heterocycles. The largest absolute Gasteiger partial charge is 0.573 e. The van der Waals surface area contributed by atoms with Gasteiger partial charge in [-0.1, -0.05) is 0 Å². The van der Waals surface area contributed by atoms with E-state index >= 15 is 0 Å². The average Bonchev–Trinajstić information content (AvgIpc) is 2.78. The molecule has 4 N–H and O–H groups in total. The van der Waals surface area contributed by atoms with Gasteiger partial charge in [0, 0.05) is 23.2 Å². The van der Waals surface area contributed by atoms with Crippen LogP contribution in [0.4, 0.5) is 24.7 Å². The molecule has 0 fully saturated rings. The number of allylic oxidation sites excluding steroid dienone is 2. The van der Waals surface area contributed by atoms with Gasteiger partial charge in [-0.25, -0.2) is 4.98 Å². The van der Waals surface area contributed by atoms with Gasteiger partial charge in [0.15, 0.2) is 0 Å². The standard InChI is InChI=1S/C21H19F3N4O4S/c22-21(23,24)32-15-5-3-14(4-6-15)27-19(31)16-2-1-8-26-20(16)33-12-13-7-9-25-17(10-13)28-18(30)11-29/h1-10,20,26,29H,11-12H2,(H,27,31)(H,25,28,30). The molecule has 1 unspecified atom stereocenters. The first kappa shape index (κ1) is 24.1. The van der Waals surface area contributed by atoms with Crippen molar-refractivity contribution in [2.45, 2.75) is 17.5 Å². The second-order valence-electron chi connectivity index (χ2n) is 6.62. The van der Waals surface area contributed by atoms with Crippen molar-refractivity contribution in [2.75, 3.05) is 17.2 Å². The van der Waals surface area contributed by atoms with Crippen LogP contribution in [0.2, 0.25) is 0 Å². The predicted molar refractivity (Wildman–Crippen MR) is 117 cm³/mol. The molecule has 2 amide bonds. The van der Waals surface area contributed by atoms with E-state index in [9.17, 15) is 22.8 Å². The SMILES string of the molecule is O=C(CO)Nc1cc(CSC2NC=CC=C2C(=O)Nc2ccc(OC(F)(F)F)cc2)ccn1. The van der Waals surface area contributed by atoms with Crippen LogP contribution in [0, 0.1) is 0 Å². The number of aliphatic hydroxyl groups is 1. The Morgan fingerprint density at radius 3 is 2.64 bits per heavy atom. The fraction of sp³-hybridized carbons (Fsp3) is 0.190. The molecule has 1 aliphatic rings. The zero-order chi connectivity index (χ0) is 23.8. The number of rotatable bonds is 8. The van der Waals surface area contributed by atoms with Crippen LogP contribution in [-0.2, 0) is 15.3 Å². The molecule has 0 radical (unpaired) electrons. The summed E-state index contributed by atoms with van der Waals surface area (Å²) < 4.78 is 40.7. The van der Waals surface area contributed by atoms with Gasteiger partial charge < -0.3 is 25.8 Å². The van der Waals surface area contributed by atoms with Crippen molar-refractivity contribution in [1.29, 1.82) is 0 Å². The van der Waals surface area contributed by atoms with Crippen molar-refractivity contribution in [3.8, 4) is 5.75 Å². The normalized spacial score (nSPS) is 15.3. The summed E-state index contributed by atoms with van der Waals surface area (Å²) in [5.41, 5.74) is 1.56. The number of nitrogens with one attached hydrogen (secondary N) is 3. The first-order valence-electron chi connectivity index (χ1n) is 9.51. The summed E-state index contributed by atoms with van der Waals surface area (Å²) in [5, 5.41) is 16.6. The number of dihydropyridines is 1. The molecule has 1 aromatic heterocycles. The third-order valence-corrected chi connectivity index (χ3v) is 5.39. The van der Waals surface area contributed by atoms with Crippen LogP contribution in [0.15, 0.2) is 66.5 Å². The summed E-state index contributed by atoms with van der Waals surface area (Å²) in [6.45, 7) is -0.652. The monoisotopic (exact) mass is 480 g/mol. The summed E-state index contributed by atoms with van der Waals surface area (Å²) >= 11 is 1.41. The molecule has 0 aliphatic carbocycles. The van der Waals surface area contributed by atoms with E-state index in [2.05, 4.69) is 25.7 Å². The van der Waals surface area contributed by atoms with Gasteiger partial charge in [0.05, 0.1) is 0 Å². The second-order valence-corrected chi connectivity index (χ2v) is 7.71. The summed E-state index contributed by atoms with van der Waals surface area (Å²) in [6, 6.07) is 8.26. The number of carbonyl (C=O) groups is 2. The van der Waals surface area contributed by atoms with Gasteiger partial charge in [-0.05, 0) is 60.3 Å². The molecule has 2 aromatic rings. The van der Waals surface area contributed by atoms with Crippen LogP contribution in [0.3, 0.4) is 0 Å². The Labute approximate surface area is 190 Å². The number of benzene rings is 1. The number of amides is 2. The Kier molecular flexibility index (Phi) is 7.96. The van der Waals surface area contributed by atoms with Crippen molar-refractivity contribution in [3.05, 3.63) is 72.1 Å². The number of hydrogen-bond donors (Lipinski definition) is 4. The summed E-state index contributed by atoms with van der Waals surface area (Å²) in [6.07, 6.45) is 1.73. The number of nitrogens with zero attached hydrogens (tertiary/aromatic N) is 1. The van der Waals surface area contributed by atoms with Gasteiger partial charge >= 0.3 is 6.36 Å². The Hall–Kier alpha value is -3.51. The van der Waals surface area contributed by atoms with Crippen LogP contribution in [0.1, 0.15) is 5.56 Å². The number of ether oxygens (including phenoxy) is 1. The first-order chi connectivity index (χ1) is 15.7. The lowest BCUT2D eigenvalue weighted by Gasteiger charge is -2.22. The number of carbonyl (C=O) groups excluding carboxylic acids is 2. The van der Waals surface area contributed by atoms with Crippen molar-refractivity contribution >= 4 is 35.1 Å². The molecule has 3 rings (SSSR count). The molecule has 1 atom stereocenters. The van der Waals surface area contributed by atoms with Crippen molar-refractivity contribution in [2.24, 2.45) is 0 Å². The van der Waals surface area contributed by atoms with Crippen LogP contribution in [-0.4, -0.2) is 40.2 Å². The van der Waals surface area contributed by atoms with Crippen LogP contribution < -0.4 is 20.7 Å². The Morgan fingerprint density at radius 2 is 1.94 bits per heavy atom. The third kappa shape index (κ3) is 7.54. The smallest absolute Gasteiger partial charge is 0.406 e. The number of aromatic nitrogens is 1. The highest BCUT2D eigenvalue weighted by Gasteiger charge is 2.31. The Balaban J connectivity index is 1.60. The molecule has 33 heavy (non-hydrogen) atoms. The molecular formula is C21H19F3N4O4S. The number of aliphatic hydroxyl groups excluding tert-OH is 1. The lowest BCUT2D eigenvalue weighted by atomic mass is 10.2. The highest BCUT2D eigenvalue weighted by atomic mass is 32.2. The number of pyridine rings is 1. The molecule has 1 aromatic carbocycles. The van der Waals surface area contributed by atoms with Crippen LogP contribution in [0.5, 0.6) is 5.75 Å². The van der Waals surface area contributed by atoms with Gasteiger partial charge in [0.25, 0.3) is 11.8 Å². The van der Waals surface area contributed by atoms with Crippen molar-refractivity contribution < 1.29 is 32.6 Å². The maximum Gasteiger partial charge on any atom is 0.573 e. The number of thioether (sulfide) groups is 1. The fourth-order valence-corrected chi connectivity index (χ4v) is 3.82. The molecule has 0 saturated carbocycles. The number of anilines is 2. The zero-order valence-electron chi connectivity index (χ0n) is 16.9.